The summed E-state index contributed by atoms with van der Waals surface area (Å²) >= 11 is 0. The maximum atomic E-state index is 11.7. The first-order valence-corrected chi connectivity index (χ1v) is 10.3. The van der Waals surface area contributed by atoms with Gasteiger partial charge in [0.15, 0.2) is 0 Å². The first-order chi connectivity index (χ1) is 10.1. The Morgan fingerprint density at radius 1 is 1.23 bits per heavy atom. The molecule has 1 aromatic rings. The Bertz CT molecular complexity index is 539. The average molecular weight is 318 g/mol. The zero-order valence-electron chi connectivity index (χ0n) is 14.2. The zero-order chi connectivity index (χ0) is 16.8. The van der Waals surface area contributed by atoms with E-state index in [9.17, 15) is 4.79 Å². The lowest BCUT2D eigenvalue weighted by atomic mass is 10.2. The van der Waals surface area contributed by atoms with E-state index >= 15 is 0 Å². The minimum atomic E-state index is -1.86. The number of allylic oxidation sites excluding steroid dienone is 1. The summed E-state index contributed by atoms with van der Waals surface area (Å²) in [6.07, 6.45) is 3.51. The zero-order valence-corrected chi connectivity index (χ0v) is 15.2. The van der Waals surface area contributed by atoms with Crippen LogP contribution >= 0.6 is 0 Å². The van der Waals surface area contributed by atoms with Crippen LogP contribution in [-0.4, -0.2) is 20.9 Å². The highest BCUT2D eigenvalue weighted by Gasteiger charge is 2.38. The van der Waals surface area contributed by atoms with Crippen molar-refractivity contribution in [1.29, 1.82) is 0 Å². The van der Waals surface area contributed by atoms with Crippen molar-refractivity contribution in [2.45, 2.75) is 38.9 Å². The van der Waals surface area contributed by atoms with E-state index in [0.29, 0.717) is 11.3 Å². The van der Waals surface area contributed by atoms with Gasteiger partial charge in [0.1, 0.15) is 6.61 Å². The van der Waals surface area contributed by atoms with E-state index in [2.05, 4.69) is 40.4 Å². The van der Waals surface area contributed by atoms with Crippen molar-refractivity contribution in [1.82, 2.24) is 0 Å². The fraction of sp³-hybridized carbons (Fsp3) is 0.389. The lowest BCUT2D eigenvalue weighted by Gasteiger charge is -2.36. The molecular formula is C18H26O3Si. The average Bonchev–Trinajstić information content (AvgIpc) is 2.42. The SMILES string of the molecule is C=C(/C=C/COC(=O)c1ccccc1)O[Si](C)(C)C(C)(C)C. The minimum absolute atomic E-state index is 0.129. The number of esters is 1. The summed E-state index contributed by atoms with van der Waals surface area (Å²) < 4.78 is 11.2. The molecule has 0 bridgehead atoms. The second kappa shape index (κ2) is 7.45. The highest BCUT2D eigenvalue weighted by Crippen LogP contribution is 2.37. The summed E-state index contributed by atoms with van der Waals surface area (Å²) in [7, 11) is -1.86. The van der Waals surface area contributed by atoms with Crippen LogP contribution in [0.15, 0.2) is 54.8 Å². The van der Waals surface area contributed by atoms with Crippen molar-refractivity contribution < 1.29 is 14.0 Å². The molecule has 0 fully saturated rings. The van der Waals surface area contributed by atoms with E-state index in [4.69, 9.17) is 9.16 Å². The standard InChI is InChI=1S/C18H26O3Si/c1-15(21-22(5,6)18(2,3)4)11-10-14-20-17(19)16-12-8-7-9-13-16/h7-13H,1,14H2,2-6H3/b11-10+. The van der Waals surface area contributed by atoms with Crippen LogP contribution in [0.1, 0.15) is 31.1 Å². The van der Waals surface area contributed by atoms with Gasteiger partial charge in [-0.3, -0.25) is 0 Å². The molecule has 0 spiro atoms. The maximum Gasteiger partial charge on any atom is 0.338 e. The third kappa shape index (κ3) is 5.52. The summed E-state index contributed by atoms with van der Waals surface area (Å²) in [5.74, 6) is 0.281. The molecule has 4 heteroatoms. The molecule has 1 rings (SSSR count). The van der Waals surface area contributed by atoms with Gasteiger partial charge in [0.2, 0.25) is 8.32 Å². The number of carbonyl (C=O) groups is 1. The van der Waals surface area contributed by atoms with Gasteiger partial charge in [-0.25, -0.2) is 4.79 Å². The minimum Gasteiger partial charge on any atom is -0.544 e. The van der Waals surface area contributed by atoms with Crippen LogP contribution in [-0.2, 0) is 9.16 Å². The van der Waals surface area contributed by atoms with Gasteiger partial charge in [-0.1, -0.05) is 45.5 Å². The Kier molecular flexibility index (Phi) is 6.18. The summed E-state index contributed by atoms with van der Waals surface area (Å²) in [4.78, 5) is 11.7. The van der Waals surface area contributed by atoms with Gasteiger partial charge < -0.3 is 9.16 Å². The molecule has 22 heavy (non-hydrogen) atoms. The lowest BCUT2D eigenvalue weighted by Crippen LogP contribution is -2.40. The predicted octanol–water partition coefficient (Wildman–Crippen LogP) is 4.94. The molecular weight excluding hydrogens is 292 g/mol. The van der Waals surface area contributed by atoms with Crippen LogP contribution in [0.5, 0.6) is 0 Å². The van der Waals surface area contributed by atoms with Crippen molar-refractivity contribution >= 4 is 14.3 Å². The van der Waals surface area contributed by atoms with E-state index < -0.39 is 8.32 Å². The van der Waals surface area contributed by atoms with E-state index in [1.54, 1.807) is 36.4 Å². The van der Waals surface area contributed by atoms with Gasteiger partial charge in [0.25, 0.3) is 0 Å². The third-order valence-corrected chi connectivity index (χ3v) is 8.20. The smallest absolute Gasteiger partial charge is 0.338 e. The van der Waals surface area contributed by atoms with Crippen molar-refractivity contribution in [2.24, 2.45) is 0 Å². The fourth-order valence-electron chi connectivity index (χ4n) is 1.48. The molecule has 0 aromatic heterocycles. The Morgan fingerprint density at radius 2 is 1.82 bits per heavy atom. The maximum absolute atomic E-state index is 11.7. The van der Waals surface area contributed by atoms with Crippen molar-refractivity contribution in [3.8, 4) is 0 Å². The number of benzene rings is 1. The van der Waals surface area contributed by atoms with Crippen molar-refractivity contribution in [3.63, 3.8) is 0 Å². The van der Waals surface area contributed by atoms with Gasteiger partial charge in [0.05, 0.1) is 11.3 Å². The highest BCUT2D eigenvalue weighted by atomic mass is 28.4. The van der Waals surface area contributed by atoms with Crippen LogP contribution in [0.2, 0.25) is 18.1 Å². The Balaban J connectivity index is 2.43. The summed E-state index contributed by atoms with van der Waals surface area (Å²) in [6, 6.07) is 8.93. The molecule has 0 aliphatic heterocycles. The van der Waals surface area contributed by atoms with Crippen molar-refractivity contribution in [2.75, 3.05) is 6.61 Å². The second-order valence-corrected chi connectivity index (χ2v) is 11.4. The van der Waals surface area contributed by atoms with Crippen LogP contribution in [0.3, 0.4) is 0 Å². The first-order valence-electron chi connectivity index (χ1n) is 7.40. The third-order valence-electron chi connectivity index (χ3n) is 3.82. The summed E-state index contributed by atoms with van der Waals surface area (Å²) in [6.45, 7) is 15.0. The van der Waals surface area contributed by atoms with Crippen LogP contribution in [0.25, 0.3) is 0 Å². The van der Waals surface area contributed by atoms with Gasteiger partial charge >= 0.3 is 5.97 Å². The number of carbonyl (C=O) groups excluding carboxylic acids is 1. The lowest BCUT2D eigenvalue weighted by molar-refractivity contribution is 0.0549. The summed E-state index contributed by atoms with van der Waals surface area (Å²) in [5.41, 5.74) is 0.548. The molecule has 120 valence electrons. The first kappa shape index (κ1) is 18.2. The second-order valence-electron chi connectivity index (χ2n) is 6.70. The Labute approximate surface area is 134 Å². The number of ether oxygens (including phenoxy) is 1. The molecule has 0 amide bonds. The number of rotatable bonds is 6. The van der Waals surface area contributed by atoms with Gasteiger partial charge in [-0.15, -0.1) is 0 Å². The molecule has 0 saturated carbocycles. The monoisotopic (exact) mass is 318 g/mol. The normalized spacial score (nSPS) is 12.2. The number of hydrogen-bond donors (Lipinski definition) is 0. The van der Waals surface area contributed by atoms with Crippen LogP contribution in [0, 0.1) is 0 Å². The molecule has 1 aromatic carbocycles. The van der Waals surface area contributed by atoms with E-state index in [1.165, 1.54) is 0 Å². The molecule has 0 aliphatic carbocycles. The molecule has 0 unspecified atom stereocenters. The van der Waals surface area contributed by atoms with Gasteiger partial charge in [-0.2, -0.15) is 0 Å². The summed E-state index contributed by atoms with van der Waals surface area (Å²) in [5, 5.41) is 0.129. The van der Waals surface area contributed by atoms with E-state index in [0.717, 1.165) is 0 Å². The highest BCUT2D eigenvalue weighted by molar-refractivity contribution is 6.74. The quantitative estimate of drug-likeness (QED) is 0.323. The molecule has 0 radical (unpaired) electrons. The Morgan fingerprint density at radius 3 is 2.36 bits per heavy atom. The van der Waals surface area contributed by atoms with E-state index in [1.807, 2.05) is 6.07 Å². The molecule has 0 aliphatic rings. The molecule has 0 heterocycles. The Hall–Kier alpha value is -1.81. The largest absolute Gasteiger partial charge is 0.544 e. The van der Waals surface area contributed by atoms with Gasteiger partial charge in [0, 0.05) is 0 Å². The van der Waals surface area contributed by atoms with Crippen LogP contribution < -0.4 is 0 Å². The van der Waals surface area contributed by atoms with Gasteiger partial charge in [-0.05, 0) is 42.4 Å². The van der Waals surface area contributed by atoms with E-state index in [-0.39, 0.29) is 17.6 Å². The number of hydrogen-bond acceptors (Lipinski definition) is 3. The van der Waals surface area contributed by atoms with Crippen molar-refractivity contribution in [3.05, 3.63) is 60.4 Å². The molecule has 0 atom stereocenters. The molecule has 3 nitrogen and oxygen atoms in total. The molecule has 0 saturated heterocycles. The predicted molar refractivity (Wildman–Crippen MR) is 93.3 cm³/mol. The van der Waals surface area contributed by atoms with Crippen LogP contribution in [0.4, 0.5) is 0 Å². The fourth-order valence-corrected chi connectivity index (χ4v) is 2.51. The molecule has 0 N–H and O–H groups in total. The topological polar surface area (TPSA) is 35.5 Å².